The van der Waals surface area contributed by atoms with Gasteiger partial charge in [0.25, 0.3) is 0 Å². The number of halogens is 1. The molecule has 1 aliphatic carbocycles. The Balaban J connectivity index is 1.67. The summed E-state index contributed by atoms with van der Waals surface area (Å²) < 4.78 is 18.5. The van der Waals surface area contributed by atoms with E-state index < -0.39 is 0 Å². The monoisotopic (exact) mass is 325 g/mol. The van der Waals surface area contributed by atoms with Crippen molar-refractivity contribution in [2.45, 2.75) is 25.7 Å². The maximum atomic E-state index is 12.9. The zero-order valence-electron chi connectivity index (χ0n) is 13.8. The van der Waals surface area contributed by atoms with Gasteiger partial charge in [-0.25, -0.2) is 9.37 Å². The largest absolute Gasteiger partial charge is 0.492 e. The summed E-state index contributed by atoms with van der Waals surface area (Å²) in [6, 6.07) is 10.2. The van der Waals surface area contributed by atoms with Crippen molar-refractivity contribution >= 4 is 5.82 Å². The van der Waals surface area contributed by atoms with Gasteiger partial charge in [-0.15, -0.1) is 0 Å². The topological polar surface area (TPSA) is 49.1 Å². The molecule has 2 aromatic rings. The van der Waals surface area contributed by atoms with Gasteiger partial charge in [0, 0.05) is 12.7 Å². The van der Waals surface area contributed by atoms with Crippen LogP contribution in [-0.4, -0.2) is 25.2 Å². The van der Waals surface area contributed by atoms with Gasteiger partial charge in [0.2, 0.25) is 0 Å². The summed E-state index contributed by atoms with van der Waals surface area (Å²) in [5.41, 5.74) is 2.93. The van der Waals surface area contributed by atoms with Gasteiger partial charge in [0.1, 0.15) is 30.1 Å². The lowest BCUT2D eigenvalue weighted by molar-refractivity contribution is 0.325. The number of nitrogens with zero attached hydrogens (tertiary/aromatic N) is 3. The minimum absolute atomic E-state index is 0.281. The first-order valence-corrected chi connectivity index (χ1v) is 8.20. The van der Waals surface area contributed by atoms with Gasteiger partial charge in [0.05, 0.1) is 12.1 Å². The fraction of sp³-hybridized carbons (Fsp3) is 0.368. The molecular formula is C19H20FN3O. The number of benzene rings is 1. The van der Waals surface area contributed by atoms with Crippen LogP contribution in [0.15, 0.2) is 30.3 Å². The predicted molar refractivity (Wildman–Crippen MR) is 90.8 cm³/mol. The van der Waals surface area contributed by atoms with E-state index in [1.807, 2.05) is 18.0 Å². The predicted octanol–water partition coefficient (Wildman–Crippen LogP) is 3.49. The van der Waals surface area contributed by atoms with E-state index in [9.17, 15) is 9.65 Å². The molecule has 124 valence electrons. The van der Waals surface area contributed by atoms with E-state index in [4.69, 9.17) is 9.72 Å². The summed E-state index contributed by atoms with van der Waals surface area (Å²) in [7, 11) is 1.91. The molecule has 0 atom stereocenters. The number of fused-ring (bicyclic) bond motifs is 1. The number of pyridine rings is 1. The van der Waals surface area contributed by atoms with Crippen LogP contribution in [0.5, 0.6) is 5.75 Å². The molecule has 3 rings (SSSR count). The Kier molecular flexibility index (Phi) is 4.95. The van der Waals surface area contributed by atoms with Gasteiger partial charge in [-0.05, 0) is 61.6 Å². The SMILES string of the molecule is CN(CCOc1ccc(F)cc1)c1nc2c(cc1C#N)CCCC2. The van der Waals surface area contributed by atoms with E-state index in [-0.39, 0.29) is 5.82 Å². The van der Waals surface area contributed by atoms with Crippen molar-refractivity contribution in [3.8, 4) is 11.8 Å². The van der Waals surface area contributed by atoms with Gasteiger partial charge in [0.15, 0.2) is 0 Å². The van der Waals surface area contributed by atoms with E-state index >= 15 is 0 Å². The summed E-state index contributed by atoms with van der Waals surface area (Å²) in [5.74, 6) is 1.06. The zero-order valence-corrected chi connectivity index (χ0v) is 13.8. The highest BCUT2D eigenvalue weighted by Gasteiger charge is 2.17. The molecule has 5 heteroatoms. The summed E-state index contributed by atoms with van der Waals surface area (Å²) in [6.07, 6.45) is 4.31. The molecule has 0 aliphatic heterocycles. The van der Waals surface area contributed by atoms with Crippen molar-refractivity contribution in [1.29, 1.82) is 5.26 Å². The fourth-order valence-electron chi connectivity index (χ4n) is 2.93. The third-order valence-corrected chi connectivity index (χ3v) is 4.27. The zero-order chi connectivity index (χ0) is 16.9. The molecule has 0 saturated carbocycles. The van der Waals surface area contributed by atoms with Crippen LogP contribution in [0.2, 0.25) is 0 Å². The van der Waals surface area contributed by atoms with E-state index in [1.54, 1.807) is 12.1 Å². The maximum absolute atomic E-state index is 12.9. The lowest BCUT2D eigenvalue weighted by atomic mass is 9.95. The van der Waals surface area contributed by atoms with E-state index in [1.165, 1.54) is 24.1 Å². The normalized spacial score (nSPS) is 13.0. The molecule has 24 heavy (non-hydrogen) atoms. The number of rotatable bonds is 5. The Morgan fingerprint density at radius 1 is 1.25 bits per heavy atom. The fourth-order valence-corrected chi connectivity index (χ4v) is 2.93. The first-order valence-electron chi connectivity index (χ1n) is 8.20. The highest BCUT2D eigenvalue weighted by Crippen LogP contribution is 2.26. The summed E-state index contributed by atoms with van der Waals surface area (Å²) >= 11 is 0. The standard InChI is InChI=1S/C19H20FN3O/c1-23(10-11-24-17-8-6-16(20)7-9-17)19-15(13-21)12-14-4-2-3-5-18(14)22-19/h6-9,12H,2-5,10-11H2,1H3. The minimum atomic E-state index is -0.281. The molecule has 1 heterocycles. The molecule has 0 radical (unpaired) electrons. The first kappa shape index (κ1) is 16.3. The van der Waals surface area contributed by atoms with Crippen molar-refractivity contribution in [3.63, 3.8) is 0 Å². The number of ether oxygens (including phenoxy) is 1. The number of aromatic nitrogens is 1. The maximum Gasteiger partial charge on any atom is 0.146 e. The molecule has 0 unspecified atom stereocenters. The molecule has 0 saturated heterocycles. The molecule has 4 nitrogen and oxygen atoms in total. The van der Waals surface area contributed by atoms with Crippen molar-refractivity contribution in [2.75, 3.05) is 25.1 Å². The van der Waals surface area contributed by atoms with Crippen LogP contribution in [0.3, 0.4) is 0 Å². The number of hydrogen-bond donors (Lipinski definition) is 0. The van der Waals surface area contributed by atoms with Crippen LogP contribution in [0.25, 0.3) is 0 Å². The van der Waals surface area contributed by atoms with Gasteiger partial charge in [-0.2, -0.15) is 5.26 Å². The van der Waals surface area contributed by atoms with Gasteiger partial charge in [-0.3, -0.25) is 0 Å². The number of likely N-dealkylation sites (N-methyl/N-ethyl adjacent to an activating group) is 1. The second-order valence-electron chi connectivity index (χ2n) is 6.01. The molecule has 0 N–H and O–H groups in total. The third-order valence-electron chi connectivity index (χ3n) is 4.27. The Bertz CT molecular complexity index is 752. The second-order valence-corrected chi connectivity index (χ2v) is 6.01. The van der Waals surface area contributed by atoms with Gasteiger partial charge < -0.3 is 9.64 Å². The second kappa shape index (κ2) is 7.31. The first-order chi connectivity index (χ1) is 11.7. The average Bonchev–Trinajstić information content (AvgIpc) is 2.62. The lowest BCUT2D eigenvalue weighted by Crippen LogP contribution is -2.26. The highest BCUT2D eigenvalue weighted by atomic mass is 19.1. The third kappa shape index (κ3) is 3.65. The van der Waals surface area contributed by atoms with Crippen LogP contribution in [0.4, 0.5) is 10.2 Å². The van der Waals surface area contributed by atoms with Crippen LogP contribution >= 0.6 is 0 Å². The molecule has 0 bridgehead atoms. The molecule has 1 aliphatic rings. The summed E-state index contributed by atoms with van der Waals surface area (Å²) in [4.78, 5) is 6.66. The van der Waals surface area contributed by atoms with Crippen LogP contribution in [0.1, 0.15) is 29.7 Å². The van der Waals surface area contributed by atoms with Crippen molar-refractivity contribution in [3.05, 3.63) is 53.0 Å². The van der Waals surface area contributed by atoms with Crippen LogP contribution in [0, 0.1) is 17.1 Å². The summed E-state index contributed by atoms with van der Waals surface area (Å²) in [6.45, 7) is 1.03. The number of hydrogen-bond acceptors (Lipinski definition) is 4. The van der Waals surface area contributed by atoms with E-state index in [2.05, 4.69) is 6.07 Å². The Morgan fingerprint density at radius 2 is 2.00 bits per heavy atom. The molecule has 1 aromatic carbocycles. The minimum Gasteiger partial charge on any atom is -0.492 e. The Morgan fingerprint density at radius 3 is 2.75 bits per heavy atom. The van der Waals surface area contributed by atoms with Crippen LogP contribution < -0.4 is 9.64 Å². The quantitative estimate of drug-likeness (QED) is 0.844. The Hall–Kier alpha value is -2.61. The van der Waals surface area contributed by atoms with Crippen molar-refractivity contribution < 1.29 is 9.13 Å². The molecule has 0 amide bonds. The average molecular weight is 325 g/mol. The number of anilines is 1. The van der Waals surface area contributed by atoms with E-state index in [0.717, 1.165) is 25.0 Å². The number of aryl methyl sites for hydroxylation is 2. The lowest BCUT2D eigenvalue weighted by Gasteiger charge is -2.23. The highest BCUT2D eigenvalue weighted by molar-refractivity contribution is 5.56. The molecular weight excluding hydrogens is 305 g/mol. The molecule has 0 spiro atoms. The molecule has 1 aromatic heterocycles. The summed E-state index contributed by atoms with van der Waals surface area (Å²) in [5, 5.41) is 9.41. The van der Waals surface area contributed by atoms with Crippen molar-refractivity contribution in [1.82, 2.24) is 4.98 Å². The smallest absolute Gasteiger partial charge is 0.146 e. The number of nitriles is 1. The van der Waals surface area contributed by atoms with Gasteiger partial charge >= 0.3 is 0 Å². The van der Waals surface area contributed by atoms with Crippen LogP contribution in [-0.2, 0) is 12.8 Å². The molecule has 0 fully saturated rings. The van der Waals surface area contributed by atoms with E-state index in [0.29, 0.717) is 30.3 Å². The van der Waals surface area contributed by atoms with Crippen molar-refractivity contribution in [2.24, 2.45) is 0 Å². The Labute approximate surface area is 141 Å². The van der Waals surface area contributed by atoms with Gasteiger partial charge in [-0.1, -0.05) is 0 Å².